The number of amides is 1. The van der Waals surface area contributed by atoms with Crippen LogP contribution in [0.1, 0.15) is 37.9 Å². The number of carbonyl (C=O) groups excluding carboxylic acids is 1. The lowest BCUT2D eigenvalue weighted by atomic mass is 10.1. The van der Waals surface area contributed by atoms with Crippen molar-refractivity contribution in [2.24, 2.45) is 0 Å². The molecule has 8 nitrogen and oxygen atoms in total. The third-order valence-electron chi connectivity index (χ3n) is 5.36. The van der Waals surface area contributed by atoms with Gasteiger partial charge >= 0.3 is 5.69 Å². The first-order chi connectivity index (χ1) is 12.5. The van der Waals surface area contributed by atoms with Crippen LogP contribution in [-0.2, 0) is 24.3 Å². The Morgan fingerprint density at radius 1 is 1.19 bits per heavy atom. The molecule has 8 heteroatoms. The number of aryl methyl sites for hydroxylation is 1. The summed E-state index contributed by atoms with van der Waals surface area (Å²) in [6.45, 7) is 4.59. The molecule has 26 heavy (non-hydrogen) atoms. The van der Waals surface area contributed by atoms with E-state index >= 15 is 0 Å². The Kier molecular flexibility index (Phi) is 6.48. The van der Waals surface area contributed by atoms with E-state index in [1.807, 2.05) is 19.0 Å². The molecule has 0 bridgehead atoms. The van der Waals surface area contributed by atoms with Gasteiger partial charge in [0.15, 0.2) is 0 Å². The first kappa shape index (κ1) is 19.1. The van der Waals surface area contributed by atoms with Crippen LogP contribution in [0.15, 0.2) is 4.79 Å². The lowest BCUT2D eigenvalue weighted by molar-refractivity contribution is -0.123. The molecular weight excluding hydrogens is 332 g/mol. The van der Waals surface area contributed by atoms with Crippen molar-refractivity contribution < 1.29 is 4.79 Å². The second-order valence-electron chi connectivity index (χ2n) is 7.81. The van der Waals surface area contributed by atoms with Crippen LogP contribution in [0.3, 0.4) is 0 Å². The van der Waals surface area contributed by atoms with Crippen molar-refractivity contribution in [3.8, 4) is 0 Å². The molecule has 146 valence electrons. The Hall–Kier alpha value is -1.67. The quantitative estimate of drug-likeness (QED) is 0.764. The first-order valence-corrected chi connectivity index (χ1v) is 9.86. The highest BCUT2D eigenvalue weighted by Crippen LogP contribution is 2.12. The van der Waals surface area contributed by atoms with Crippen molar-refractivity contribution >= 4 is 5.91 Å². The molecule has 1 saturated heterocycles. The van der Waals surface area contributed by atoms with Crippen molar-refractivity contribution in [2.75, 3.05) is 40.3 Å². The minimum absolute atomic E-state index is 0.0258. The van der Waals surface area contributed by atoms with E-state index in [4.69, 9.17) is 0 Å². The Morgan fingerprint density at radius 2 is 1.96 bits per heavy atom. The van der Waals surface area contributed by atoms with Crippen molar-refractivity contribution in [1.29, 1.82) is 0 Å². The summed E-state index contributed by atoms with van der Waals surface area (Å²) in [7, 11) is 3.98. The fraction of sp³-hybridized carbons (Fsp3) is 0.833. The third-order valence-corrected chi connectivity index (χ3v) is 5.36. The van der Waals surface area contributed by atoms with Crippen molar-refractivity contribution in [3.05, 3.63) is 16.3 Å². The Morgan fingerprint density at radius 3 is 2.69 bits per heavy atom. The summed E-state index contributed by atoms with van der Waals surface area (Å²) in [5, 5.41) is 7.68. The minimum Gasteiger partial charge on any atom is -0.352 e. The van der Waals surface area contributed by atoms with E-state index in [0.29, 0.717) is 19.6 Å². The largest absolute Gasteiger partial charge is 0.352 e. The average molecular weight is 364 g/mol. The Labute approximate surface area is 155 Å². The maximum Gasteiger partial charge on any atom is 0.345 e. The van der Waals surface area contributed by atoms with E-state index in [-0.39, 0.29) is 17.6 Å². The predicted molar refractivity (Wildman–Crippen MR) is 100 cm³/mol. The molecule has 3 heterocycles. The molecule has 0 saturated carbocycles. The lowest BCUT2D eigenvalue weighted by Crippen LogP contribution is -2.44. The van der Waals surface area contributed by atoms with Gasteiger partial charge in [0.25, 0.3) is 0 Å². The van der Waals surface area contributed by atoms with Crippen LogP contribution >= 0.6 is 0 Å². The van der Waals surface area contributed by atoms with Gasteiger partial charge in [0.1, 0.15) is 5.82 Å². The van der Waals surface area contributed by atoms with E-state index in [9.17, 15) is 9.59 Å². The highest BCUT2D eigenvalue weighted by Gasteiger charge is 2.23. The maximum atomic E-state index is 12.5. The van der Waals surface area contributed by atoms with E-state index < -0.39 is 0 Å². The number of likely N-dealkylation sites (tertiary alicyclic amines) is 1. The molecule has 1 aromatic heterocycles. The van der Waals surface area contributed by atoms with Crippen LogP contribution in [0.5, 0.6) is 0 Å². The van der Waals surface area contributed by atoms with Crippen LogP contribution < -0.4 is 11.0 Å². The molecular formula is C18H32N6O2. The van der Waals surface area contributed by atoms with Gasteiger partial charge in [-0.3, -0.25) is 14.3 Å². The summed E-state index contributed by atoms with van der Waals surface area (Å²) >= 11 is 0. The highest BCUT2D eigenvalue weighted by atomic mass is 16.2. The summed E-state index contributed by atoms with van der Waals surface area (Å²) in [5.74, 6) is 0.960. The van der Waals surface area contributed by atoms with Crippen LogP contribution in [-0.4, -0.2) is 76.4 Å². The molecule has 1 fully saturated rings. The van der Waals surface area contributed by atoms with Gasteiger partial charge in [-0.05, 0) is 52.9 Å². The number of piperidine rings is 1. The van der Waals surface area contributed by atoms with Gasteiger partial charge in [-0.1, -0.05) is 6.42 Å². The van der Waals surface area contributed by atoms with Gasteiger partial charge in [-0.15, -0.1) is 0 Å². The van der Waals surface area contributed by atoms with Gasteiger partial charge in [-0.25, -0.2) is 9.48 Å². The summed E-state index contributed by atoms with van der Waals surface area (Å²) < 4.78 is 3.36. The molecule has 1 amide bonds. The van der Waals surface area contributed by atoms with E-state index in [0.717, 1.165) is 44.7 Å². The number of hydrogen-bond acceptors (Lipinski definition) is 5. The number of carbonyl (C=O) groups is 1. The van der Waals surface area contributed by atoms with E-state index in [1.165, 1.54) is 19.3 Å². The molecule has 0 spiro atoms. The van der Waals surface area contributed by atoms with Crippen molar-refractivity contribution in [1.82, 2.24) is 29.5 Å². The molecule has 0 aromatic carbocycles. The number of aromatic nitrogens is 3. The van der Waals surface area contributed by atoms with Gasteiger partial charge in [-0.2, -0.15) is 5.10 Å². The molecule has 2 aliphatic heterocycles. The predicted octanol–water partition coefficient (Wildman–Crippen LogP) is -0.0866. The molecule has 0 radical (unpaired) electrons. The topological polar surface area (TPSA) is 75.4 Å². The standard InChI is InChI=1S/C18H32N6O2/c1-21(2)12-13-24-18(26)23-11-8-15(6-7-16(23)20-24)19-17(25)14-22-9-4-3-5-10-22/h15H,3-14H2,1-2H3,(H,19,25). The van der Waals surface area contributed by atoms with E-state index in [2.05, 4.69) is 15.3 Å². The first-order valence-electron chi connectivity index (χ1n) is 9.86. The van der Waals surface area contributed by atoms with Gasteiger partial charge in [0.05, 0.1) is 13.1 Å². The average Bonchev–Trinajstić information content (AvgIpc) is 2.77. The Balaban J connectivity index is 1.52. The molecule has 1 N–H and O–H groups in total. The second kappa shape index (κ2) is 8.81. The van der Waals surface area contributed by atoms with Crippen LogP contribution in [0.4, 0.5) is 0 Å². The zero-order valence-corrected chi connectivity index (χ0v) is 16.1. The monoisotopic (exact) mass is 364 g/mol. The van der Waals surface area contributed by atoms with E-state index in [1.54, 1.807) is 9.25 Å². The molecule has 1 unspecified atom stereocenters. The van der Waals surface area contributed by atoms with Gasteiger partial charge in [0, 0.05) is 25.6 Å². The van der Waals surface area contributed by atoms with Gasteiger partial charge < -0.3 is 10.2 Å². The number of nitrogens with one attached hydrogen (secondary N) is 1. The zero-order chi connectivity index (χ0) is 18.5. The van der Waals surface area contributed by atoms with Crippen LogP contribution in [0.2, 0.25) is 0 Å². The normalized spacial score (nSPS) is 21.4. The number of fused-ring (bicyclic) bond motifs is 1. The molecule has 2 aliphatic rings. The molecule has 0 aliphatic carbocycles. The summed E-state index contributed by atoms with van der Waals surface area (Å²) in [6, 6.07) is 0.128. The zero-order valence-electron chi connectivity index (χ0n) is 16.1. The van der Waals surface area contributed by atoms with Crippen molar-refractivity contribution in [3.63, 3.8) is 0 Å². The van der Waals surface area contributed by atoms with Crippen LogP contribution in [0, 0.1) is 0 Å². The molecule has 1 aromatic rings. The SMILES string of the molecule is CN(C)CCn1nc2n(c1=O)CCC(NC(=O)CN1CCCCC1)CC2. The van der Waals surface area contributed by atoms with Crippen LogP contribution in [0.25, 0.3) is 0 Å². The lowest BCUT2D eigenvalue weighted by Gasteiger charge is -2.26. The molecule has 3 rings (SSSR count). The summed E-state index contributed by atoms with van der Waals surface area (Å²) in [6.07, 6.45) is 6.03. The third kappa shape index (κ3) is 4.94. The maximum absolute atomic E-state index is 12.5. The second-order valence-corrected chi connectivity index (χ2v) is 7.81. The fourth-order valence-electron chi connectivity index (χ4n) is 3.81. The fourth-order valence-corrected chi connectivity index (χ4v) is 3.81. The van der Waals surface area contributed by atoms with Crippen molar-refractivity contribution in [2.45, 2.75) is 57.7 Å². The number of hydrogen-bond donors (Lipinski definition) is 1. The summed E-state index contributed by atoms with van der Waals surface area (Å²) in [4.78, 5) is 29.1. The highest BCUT2D eigenvalue weighted by molar-refractivity contribution is 5.78. The smallest absolute Gasteiger partial charge is 0.345 e. The number of rotatable bonds is 6. The molecule has 1 atom stereocenters. The van der Waals surface area contributed by atoms with Gasteiger partial charge in [0.2, 0.25) is 5.91 Å². The number of nitrogens with zero attached hydrogens (tertiary/aromatic N) is 5. The number of likely N-dealkylation sites (N-methyl/N-ethyl adjacent to an activating group) is 1. The minimum atomic E-state index is -0.0258. The summed E-state index contributed by atoms with van der Waals surface area (Å²) in [5.41, 5.74) is -0.0258. The Bertz CT molecular complexity index is 659.